The Morgan fingerprint density at radius 1 is 0.321 bits per heavy atom. The topological polar surface area (TPSA) is 34.6 Å². The van der Waals surface area contributed by atoms with Crippen LogP contribution in [0.25, 0.3) is 43.6 Å². The molecular formula is C72H100Br2N4. The van der Waals surface area contributed by atoms with Gasteiger partial charge in [-0.25, -0.2) is 9.98 Å². The van der Waals surface area contributed by atoms with E-state index < -0.39 is 0 Å². The van der Waals surface area contributed by atoms with Crippen LogP contribution in [0.15, 0.2) is 128 Å². The summed E-state index contributed by atoms with van der Waals surface area (Å²) in [5, 5.41) is 6.93. The van der Waals surface area contributed by atoms with Gasteiger partial charge in [0, 0.05) is 43.6 Å². The number of hydrogen-bond donors (Lipinski definition) is 0. The number of pyridine rings is 2. The highest BCUT2D eigenvalue weighted by molar-refractivity contribution is 9.10. The van der Waals surface area contributed by atoms with Gasteiger partial charge in [-0.1, -0.05) is 276 Å². The van der Waals surface area contributed by atoms with Gasteiger partial charge in [-0.05, 0) is 110 Å². The fraction of sp³-hybridized carbons (Fsp3) is 0.556. The molecule has 2 atom stereocenters. The van der Waals surface area contributed by atoms with E-state index in [9.17, 15) is 0 Å². The molecule has 0 spiro atoms. The molecule has 0 radical (unpaired) electrons. The summed E-state index contributed by atoms with van der Waals surface area (Å²) in [5.74, 6) is 1.16. The molecule has 422 valence electrons. The molecule has 6 heteroatoms. The van der Waals surface area contributed by atoms with Crippen molar-refractivity contribution in [1.82, 2.24) is 9.13 Å². The smallest absolute Gasteiger partial charge is 0.0824 e. The quantitative estimate of drug-likeness (QED) is 0.0273. The molecule has 0 amide bonds. The summed E-state index contributed by atoms with van der Waals surface area (Å²) in [7, 11) is 0. The van der Waals surface area contributed by atoms with Crippen molar-refractivity contribution in [3.8, 4) is 0 Å². The van der Waals surface area contributed by atoms with Gasteiger partial charge in [0.05, 0.1) is 44.2 Å². The number of unbranched alkanes of at least 4 members (excludes halogenated alkanes) is 24. The number of halogens is 2. The van der Waals surface area contributed by atoms with Crippen LogP contribution in [-0.2, 0) is 13.1 Å². The second kappa shape index (κ2) is 35.0. The summed E-state index contributed by atoms with van der Waals surface area (Å²) in [6.45, 7) is 11.3. The van der Waals surface area contributed by atoms with Crippen molar-refractivity contribution in [2.24, 2.45) is 21.8 Å². The maximum Gasteiger partial charge on any atom is 0.0824 e. The highest BCUT2D eigenvalue weighted by Crippen LogP contribution is 2.34. The predicted octanol–water partition coefficient (Wildman–Crippen LogP) is 23.7. The van der Waals surface area contributed by atoms with Crippen LogP contribution in [0.4, 0.5) is 11.4 Å². The van der Waals surface area contributed by atoms with E-state index in [4.69, 9.17) is 9.98 Å². The Balaban J connectivity index is 1.44. The largest absolute Gasteiger partial charge is 0.340 e. The zero-order valence-electron chi connectivity index (χ0n) is 49.1. The van der Waals surface area contributed by atoms with Crippen LogP contribution in [0.1, 0.15) is 233 Å². The molecule has 5 aromatic carbocycles. The molecule has 0 saturated heterocycles. The number of rotatable bonds is 38. The van der Waals surface area contributed by atoms with Gasteiger partial charge in [0.1, 0.15) is 0 Å². The van der Waals surface area contributed by atoms with Gasteiger partial charge in [-0.2, -0.15) is 0 Å². The van der Waals surface area contributed by atoms with E-state index >= 15 is 0 Å². The van der Waals surface area contributed by atoms with E-state index in [2.05, 4.69) is 178 Å². The third-order valence-corrected chi connectivity index (χ3v) is 17.9. The summed E-state index contributed by atoms with van der Waals surface area (Å²) < 4.78 is 7.64. The summed E-state index contributed by atoms with van der Waals surface area (Å²) in [6, 6.07) is 40.5. The molecule has 4 nitrogen and oxygen atoms in total. The number of nitrogens with zero attached hydrogens (tertiary/aromatic N) is 4. The fourth-order valence-corrected chi connectivity index (χ4v) is 13.2. The first-order chi connectivity index (χ1) is 38.4. The Bertz CT molecular complexity index is 2770. The summed E-state index contributed by atoms with van der Waals surface area (Å²) in [5.41, 5.74) is 6.98. The molecule has 0 aliphatic rings. The first-order valence-corrected chi connectivity index (χ1v) is 33.6. The molecule has 2 aromatic heterocycles. The number of benzene rings is 5. The number of fused-ring (bicyclic) bond motifs is 4. The number of hydrogen-bond acceptors (Lipinski definition) is 2. The zero-order chi connectivity index (χ0) is 54.6. The summed E-state index contributed by atoms with van der Waals surface area (Å²) in [4.78, 5) is 11.4. The number of para-hydroxylation sites is 2. The van der Waals surface area contributed by atoms with Crippen molar-refractivity contribution in [2.45, 2.75) is 246 Å². The van der Waals surface area contributed by atoms with Crippen LogP contribution in [0.2, 0.25) is 0 Å². The van der Waals surface area contributed by atoms with Gasteiger partial charge < -0.3 is 9.13 Å². The monoisotopic (exact) mass is 1180 g/mol. The lowest BCUT2D eigenvalue weighted by molar-refractivity contribution is 0.363. The third kappa shape index (κ3) is 19.1. The van der Waals surface area contributed by atoms with Crippen LogP contribution in [0.3, 0.4) is 0 Å². The SMILES string of the molecule is CCCCCCCCCCC(CCCCCCCC)Cn1c2ccc(Br)cc2c(=Nc2ccccc2)c2cc3c(cc21)c(=Nc1ccccc1)c1cc(Br)ccc1n3CC(CCCCCCCC)CCCCCCCCCC. The summed E-state index contributed by atoms with van der Waals surface area (Å²) >= 11 is 7.97. The Kier molecular flexibility index (Phi) is 27.6. The van der Waals surface area contributed by atoms with Crippen molar-refractivity contribution in [3.63, 3.8) is 0 Å². The van der Waals surface area contributed by atoms with Crippen molar-refractivity contribution >= 4 is 86.8 Å². The van der Waals surface area contributed by atoms with E-state index in [1.54, 1.807) is 0 Å². The molecule has 0 aliphatic heterocycles. The van der Waals surface area contributed by atoms with Gasteiger partial charge in [-0.15, -0.1) is 0 Å². The molecule has 0 bridgehead atoms. The first kappa shape index (κ1) is 61.6. The standard InChI is InChI=1S/C72H100Br2N4/c1-5-9-13-17-21-23-27-33-41-57(39-31-25-19-15-11-7-3)55-77-67-49-47-59(73)51-63(67)71(75-61-43-35-29-36-44-61)65-54-70-66(53-69(65)77)72(76-62-45-37-30-38-46-62)64-52-60(74)48-50-68(64)78(70)56-58(40-32-26-20-16-12-8-4)42-34-28-24-22-18-14-10-6-2/h29-30,35-38,43-54,57-58H,5-28,31-34,39-42,55-56H2,1-4H3. The molecule has 7 aromatic rings. The minimum atomic E-state index is 0.578. The first-order valence-electron chi connectivity index (χ1n) is 32.0. The Morgan fingerprint density at radius 3 is 0.910 bits per heavy atom. The Labute approximate surface area is 489 Å². The second-order valence-electron chi connectivity index (χ2n) is 23.4. The molecule has 0 aliphatic carbocycles. The van der Waals surface area contributed by atoms with Gasteiger partial charge >= 0.3 is 0 Å². The molecular weight excluding hydrogens is 1080 g/mol. The predicted molar refractivity (Wildman–Crippen MR) is 349 cm³/mol. The van der Waals surface area contributed by atoms with E-state index in [0.29, 0.717) is 11.8 Å². The van der Waals surface area contributed by atoms with Crippen LogP contribution < -0.4 is 10.7 Å². The average molecular weight is 1180 g/mol. The molecule has 0 fully saturated rings. The fourth-order valence-electron chi connectivity index (χ4n) is 12.4. The summed E-state index contributed by atoms with van der Waals surface area (Å²) in [6.07, 6.45) is 42.7. The van der Waals surface area contributed by atoms with Crippen LogP contribution in [0, 0.1) is 11.8 Å². The zero-order valence-corrected chi connectivity index (χ0v) is 52.3. The van der Waals surface area contributed by atoms with Crippen molar-refractivity contribution in [3.05, 3.63) is 129 Å². The maximum absolute atomic E-state index is 5.68. The second-order valence-corrected chi connectivity index (χ2v) is 25.2. The van der Waals surface area contributed by atoms with Crippen molar-refractivity contribution in [2.75, 3.05) is 0 Å². The lowest BCUT2D eigenvalue weighted by Gasteiger charge is -2.26. The minimum absolute atomic E-state index is 0.578. The lowest BCUT2D eigenvalue weighted by atomic mass is 9.92. The Morgan fingerprint density at radius 2 is 0.603 bits per heavy atom. The van der Waals surface area contributed by atoms with Crippen LogP contribution >= 0.6 is 31.9 Å². The van der Waals surface area contributed by atoms with Gasteiger partial charge in [0.25, 0.3) is 0 Å². The van der Waals surface area contributed by atoms with E-state index in [0.717, 1.165) is 44.1 Å². The van der Waals surface area contributed by atoms with Gasteiger partial charge in [0.15, 0.2) is 0 Å². The van der Waals surface area contributed by atoms with E-state index in [1.165, 1.54) is 249 Å². The van der Waals surface area contributed by atoms with E-state index in [1.807, 2.05) is 0 Å². The highest BCUT2D eigenvalue weighted by Gasteiger charge is 2.21. The molecule has 2 unspecified atom stereocenters. The van der Waals surface area contributed by atoms with Crippen molar-refractivity contribution < 1.29 is 0 Å². The lowest BCUT2D eigenvalue weighted by Crippen LogP contribution is -2.20. The van der Waals surface area contributed by atoms with Crippen molar-refractivity contribution in [1.29, 1.82) is 0 Å². The third-order valence-electron chi connectivity index (χ3n) is 17.0. The van der Waals surface area contributed by atoms with E-state index in [-0.39, 0.29) is 0 Å². The molecule has 7 rings (SSSR count). The minimum Gasteiger partial charge on any atom is -0.340 e. The van der Waals surface area contributed by atoms with Crippen LogP contribution in [-0.4, -0.2) is 9.13 Å². The van der Waals surface area contributed by atoms with Crippen LogP contribution in [0.5, 0.6) is 0 Å². The van der Waals surface area contributed by atoms with Gasteiger partial charge in [-0.3, -0.25) is 0 Å². The Hall–Kier alpha value is -4.00. The molecule has 0 saturated carbocycles. The maximum atomic E-state index is 5.68. The van der Waals surface area contributed by atoms with Gasteiger partial charge in [0.2, 0.25) is 0 Å². The normalized spacial score (nSPS) is 13.3. The molecule has 2 heterocycles. The number of aromatic nitrogens is 2. The molecule has 0 N–H and O–H groups in total. The highest BCUT2D eigenvalue weighted by atomic mass is 79.9. The molecule has 78 heavy (non-hydrogen) atoms. The average Bonchev–Trinajstić information content (AvgIpc) is 3.60.